The van der Waals surface area contributed by atoms with Gasteiger partial charge in [-0.3, -0.25) is 4.79 Å². The molecule has 4 nitrogen and oxygen atoms in total. The number of carbonyl (C=O) groups excluding carboxylic acids is 1. The van der Waals surface area contributed by atoms with Crippen molar-refractivity contribution in [1.29, 1.82) is 0 Å². The minimum absolute atomic E-state index is 0.256. The maximum Gasteiger partial charge on any atom is 0.308 e. The van der Waals surface area contributed by atoms with Crippen molar-refractivity contribution >= 4 is 5.97 Å². The molecule has 0 heterocycles. The van der Waals surface area contributed by atoms with Crippen LogP contribution in [0.5, 0.6) is 0 Å². The summed E-state index contributed by atoms with van der Waals surface area (Å²) in [6.07, 6.45) is 25.5. The Labute approximate surface area is 206 Å². The molecule has 0 rings (SSSR count). The predicted octanol–water partition coefficient (Wildman–Crippen LogP) is 8.18. The van der Waals surface area contributed by atoms with Gasteiger partial charge in [-0.25, -0.2) is 0 Å². The monoisotopic (exact) mass is 467 g/mol. The Balaban J connectivity index is 3.59. The Kier molecular flexibility index (Phi) is 25.1. The fourth-order valence-electron chi connectivity index (χ4n) is 4.00. The second kappa shape index (κ2) is 25.7. The summed E-state index contributed by atoms with van der Waals surface area (Å²) in [6, 6.07) is 0. The Morgan fingerprint density at radius 1 is 0.697 bits per heavy atom. The van der Waals surface area contributed by atoms with Gasteiger partial charge in [-0.05, 0) is 58.0 Å². The van der Waals surface area contributed by atoms with Gasteiger partial charge in [-0.2, -0.15) is 0 Å². The zero-order chi connectivity index (χ0) is 24.4. The van der Waals surface area contributed by atoms with Crippen LogP contribution in [0.3, 0.4) is 0 Å². The summed E-state index contributed by atoms with van der Waals surface area (Å²) in [5.74, 6) is -0.256. The van der Waals surface area contributed by atoms with Crippen LogP contribution in [-0.4, -0.2) is 41.9 Å². The molecule has 0 saturated carbocycles. The van der Waals surface area contributed by atoms with Crippen LogP contribution in [0.15, 0.2) is 12.2 Å². The molecule has 0 aliphatic heterocycles. The number of carbonyl (C=O) groups is 1. The second-order valence-corrected chi connectivity index (χ2v) is 9.62. The van der Waals surface area contributed by atoms with Crippen molar-refractivity contribution in [1.82, 2.24) is 4.90 Å². The number of esters is 1. The molecule has 1 N–H and O–H groups in total. The van der Waals surface area contributed by atoms with E-state index in [2.05, 4.69) is 37.8 Å². The molecule has 0 radical (unpaired) electrons. The molecule has 1 unspecified atom stereocenters. The number of allylic oxidation sites excluding steroid dienone is 2. The lowest BCUT2D eigenvalue weighted by molar-refractivity contribution is -0.169. The molecule has 0 aromatic heterocycles. The van der Waals surface area contributed by atoms with Crippen LogP contribution in [0.2, 0.25) is 0 Å². The van der Waals surface area contributed by atoms with E-state index in [0.29, 0.717) is 12.8 Å². The van der Waals surface area contributed by atoms with Crippen molar-refractivity contribution in [3.05, 3.63) is 12.2 Å². The third kappa shape index (κ3) is 24.1. The lowest BCUT2D eigenvalue weighted by Gasteiger charge is -2.23. The lowest BCUT2D eigenvalue weighted by atomic mass is 10.1. The van der Waals surface area contributed by atoms with Crippen LogP contribution in [0.25, 0.3) is 0 Å². The Morgan fingerprint density at radius 2 is 1.18 bits per heavy atom. The summed E-state index contributed by atoms with van der Waals surface area (Å²) in [5, 5.41) is 10.1. The Bertz CT molecular complexity index is 431. The average molecular weight is 468 g/mol. The maximum atomic E-state index is 12.0. The van der Waals surface area contributed by atoms with Gasteiger partial charge in [0.25, 0.3) is 0 Å². The second-order valence-electron chi connectivity index (χ2n) is 9.62. The highest BCUT2D eigenvalue weighted by molar-refractivity contribution is 5.69. The van der Waals surface area contributed by atoms with Crippen molar-refractivity contribution in [2.24, 2.45) is 0 Å². The smallest absolute Gasteiger partial charge is 0.308 e. The van der Waals surface area contributed by atoms with Crippen molar-refractivity contribution in [3.63, 3.8) is 0 Å². The average Bonchev–Trinajstić information content (AvgIpc) is 2.81. The van der Waals surface area contributed by atoms with E-state index in [4.69, 9.17) is 4.74 Å². The summed E-state index contributed by atoms with van der Waals surface area (Å²) < 4.78 is 5.21. The Hall–Kier alpha value is -0.870. The molecule has 4 heteroatoms. The van der Waals surface area contributed by atoms with Crippen LogP contribution in [0.4, 0.5) is 0 Å². The molecular formula is C29H57NO3. The molecular weight excluding hydrogens is 410 g/mol. The van der Waals surface area contributed by atoms with Crippen LogP contribution >= 0.6 is 0 Å². The summed E-state index contributed by atoms with van der Waals surface area (Å²) in [5.41, 5.74) is 0. The number of nitrogens with zero attached hydrogens (tertiary/aromatic N) is 1. The van der Waals surface area contributed by atoms with E-state index >= 15 is 0 Å². The quantitative estimate of drug-likeness (QED) is 0.0636. The number of hydrogen-bond acceptors (Lipinski definition) is 4. The molecule has 196 valence electrons. The molecule has 0 amide bonds. The largest absolute Gasteiger partial charge is 0.436 e. The van der Waals surface area contributed by atoms with E-state index < -0.39 is 6.29 Å². The number of aliphatic hydroxyl groups excluding tert-OH is 1. The van der Waals surface area contributed by atoms with Crippen molar-refractivity contribution < 1.29 is 14.6 Å². The molecule has 0 aromatic carbocycles. The van der Waals surface area contributed by atoms with E-state index in [1.807, 2.05) is 0 Å². The maximum absolute atomic E-state index is 12.0. The predicted molar refractivity (Wildman–Crippen MR) is 142 cm³/mol. The first-order chi connectivity index (χ1) is 16.1. The first kappa shape index (κ1) is 32.1. The van der Waals surface area contributed by atoms with E-state index in [-0.39, 0.29) is 5.97 Å². The van der Waals surface area contributed by atoms with Crippen LogP contribution in [-0.2, 0) is 9.53 Å². The number of aliphatic hydroxyl groups is 1. The normalized spacial score (nSPS) is 12.6. The topological polar surface area (TPSA) is 49.8 Å². The number of hydrogen-bond donors (Lipinski definition) is 1. The molecule has 0 bridgehead atoms. The van der Waals surface area contributed by atoms with Gasteiger partial charge in [0.2, 0.25) is 6.29 Å². The van der Waals surface area contributed by atoms with Gasteiger partial charge < -0.3 is 14.7 Å². The Morgan fingerprint density at radius 3 is 1.73 bits per heavy atom. The summed E-state index contributed by atoms with van der Waals surface area (Å²) >= 11 is 0. The van der Waals surface area contributed by atoms with Crippen molar-refractivity contribution in [2.45, 2.75) is 149 Å². The first-order valence-electron chi connectivity index (χ1n) is 14.4. The SMILES string of the molecule is CCCCCCCC/C=C\CCCCCCCC(=O)OC(O)CCN(CCCC)CCCC. The van der Waals surface area contributed by atoms with Gasteiger partial charge in [0.1, 0.15) is 0 Å². The fraction of sp³-hybridized carbons (Fsp3) is 0.897. The summed E-state index contributed by atoms with van der Waals surface area (Å²) in [6.45, 7) is 9.58. The number of unbranched alkanes of at least 4 members (excludes halogenated alkanes) is 13. The van der Waals surface area contributed by atoms with E-state index in [9.17, 15) is 9.90 Å². The number of rotatable bonds is 25. The summed E-state index contributed by atoms with van der Waals surface area (Å²) in [7, 11) is 0. The minimum atomic E-state index is -0.966. The van der Waals surface area contributed by atoms with E-state index in [1.165, 1.54) is 96.3 Å². The first-order valence-corrected chi connectivity index (χ1v) is 14.4. The van der Waals surface area contributed by atoms with Gasteiger partial charge in [0.15, 0.2) is 0 Å². The number of ether oxygens (including phenoxy) is 1. The van der Waals surface area contributed by atoms with Gasteiger partial charge in [-0.15, -0.1) is 0 Å². The van der Waals surface area contributed by atoms with Crippen molar-refractivity contribution in [2.75, 3.05) is 19.6 Å². The van der Waals surface area contributed by atoms with Crippen molar-refractivity contribution in [3.8, 4) is 0 Å². The lowest BCUT2D eigenvalue weighted by Crippen LogP contribution is -2.30. The molecule has 0 aliphatic rings. The highest BCUT2D eigenvalue weighted by atomic mass is 16.6. The summed E-state index contributed by atoms with van der Waals surface area (Å²) in [4.78, 5) is 14.4. The molecule has 33 heavy (non-hydrogen) atoms. The third-order valence-corrected chi connectivity index (χ3v) is 6.26. The molecule has 0 aliphatic carbocycles. The molecule has 0 saturated heterocycles. The standard InChI is InChI=1S/C29H57NO3/c1-4-7-10-11-12-13-14-15-16-17-18-19-20-21-22-23-28(31)33-29(32)24-27-30(25-8-5-2)26-9-6-3/h15-16,29,32H,4-14,17-27H2,1-3H3/b16-15-. The fourth-order valence-corrected chi connectivity index (χ4v) is 4.00. The highest BCUT2D eigenvalue weighted by Gasteiger charge is 2.13. The molecule has 0 spiro atoms. The molecule has 1 atom stereocenters. The van der Waals surface area contributed by atoms with Crippen LogP contribution in [0.1, 0.15) is 143 Å². The zero-order valence-electron chi connectivity index (χ0n) is 22.5. The van der Waals surface area contributed by atoms with Gasteiger partial charge in [0.05, 0.1) is 0 Å². The van der Waals surface area contributed by atoms with E-state index in [1.54, 1.807) is 0 Å². The molecule has 0 aromatic rings. The van der Waals surface area contributed by atoms with Crippen LogP contribution < -0.4 is 0 Å². The van der Waals surface area contributed by atoms with Gasteiger partial charge in [-0.1, -0.05) is 97.1 Å². The molecule has 0 fully saturated rings. The van der Waals surface area contributed by atoms with E-state index in [0.717, 1.165) is 32.5 Å². The van der Waals surface area contributed by atoms with Gasteiger partial charge >= 0.3 is 5.97 Å². The van der Waals surface area contributed by atoms with Gasteiger partial charge in [0, 0.05) is 19.4 Å². The van der Waals surface area contributed by atoms with Crippen LogP contribution in [0, 0.1) is 0 Å². The zero-order valence-corrected chi connectivity index (χ0v) is 22.5. The highest BCUT2D eigenvalue weighted by Crippen LogP contribution is 2.11. The minimum Gasteiger partial charge on any atom is -0.436 e. The third-order valence-electron chi connectivity index (χ3n) is 6.26.